The molecule has 144 valence electrons. The third-order valence-electron chi connectivity index (χ3n) is 4.00. The minimum absolute atomic E-state index is 0.0442. The number of carbonyl (C=O) groups is 1. The Hall–Kier alpha value is -3.14. The van der Waals surface area contributed by atoms with Gasteiger partial charge >= 0.3 is 5.97 Å². The fourth-order valence-corrected chi connectivity index (χ4v) is 2.96. The van der Waals surface area contributed by atoms with Crippen molar-refractivity contribution in [2.75, 3.05) is 19.8 Å². The van der Waals surface area contributed by atoms with Gasteiger partial charge in [0, 0.05) is 5.56 Å². The van der Waals surface area contributed by atoms with Crippen molar-refractivity contribution in [1.29, 1.82) is 5.26 Å². The van der Waals surface area contributed by atoms with Crippen LogP contribution >= 0.6 is 0 Å². The van der Waals surface area contributed by atoms with E-state index >= 15 is 0 Å². The predicted molar refractivity (Wildman–Crippen MR) is 98.8 cm³/mol. The fraction of sp³-hybridized carbons (Fsp3) is 0.400. The van der Waals surface area contributed by atoms with Gasteiger partial charge in [0.2, 0.25) is 5.88 Å². The lowest BCUT2D eigenvalue weighted by atomic mass is 9.82. The summed E-state index contributed by atoms with van der Waals surface area (Å²) in [4.78, 5) is 12.6. The third-order valence-corrected chi connectivity index (χ3v) is 4.00. The number of nitrogens with two attached hydrogens (primary N) is 1. The maximum atomic E-state index is 12.6. The molecule has 0 saturated carbocycles. The lowest BCUT2D eigenvalue weighted by Crippen LogP contribution is -2.26. The summed E-state index contributed by atoms with van der Waals surface area (Å²) in [6.45, 7) is 8.15. The van der Waals surface area contributed by atoms with Gasteiger partial charge in [-0.05, 0) is 45.9 Å². The molecule has 7 nitrogen and oxygen atoms in total. The van der Waals surface area contributed by atoms with Gasteiger partial charge in [0.25, 0.3) is 0 Å². The largest absolute Gasteiger partial charge is 0.494 e. The summed E-state index contributed by atoms with van der Waals surface area (Å²) in [7, 11) is 0. The quantitative estimate of drug-likeness (QED) is 0.733. The highest BCUT2D eigenvalue weighted by atomic mass is 16.5. The van der Waals surface area contributed by atoms with Crippen LogP contribution in [0.5, 0.6) is 11.5 Å². The average Bonchev–Trinajstić information content (AvgIpc) is 2.63. The minimum atomic E-state index is -0.773. The standard InChI is InChI=1S/C20H24N2O5/c1-5-24-13-8-9-16(25-6-2)14(10-13)18-15(11-21)19(22)27-12(4)17(18)20(23)26-7-3/h8-10,18H,5-7,22H2,1-4H3/t18-/m1/s1. The van der Waals surface area contributed by atoms with Gasteiger partial charge in [-0.2, -0.15) is 5.26 Å². The van der Waals surface area contributed by atoms with Crippen molar-refractivity contribution in [3.63, 3.8) is 0 Å². The van der Waals surface area contributed by atoms with Crippen LogP contribution in [-0.2, 0) is 14.3 Å². The van der Waals surface area contributed by atoms with Crippen molar-refractivity contribution in [2.24, 2.45) is 5.73 Å². The molecule has 0 fully saturated rings. The Bertz CT molecular complexity index is 820. The Morgan fingerprint density at radius 2 is 1.93 bits per heavy atom. The van der Waals surface area contributed by atoms with Crippen LogP contribution in [0.2, 0.25) is 0 Å². The molecule has 1 heterocycles. The number of ether oxygens (including phenoxy) is 4. The Balaban J connectivity index is 2.71. The van der Waals surface area contributed by atoms with E-state index in [2.05, 4.69) is 6.07 Å². The lowest BCUT2D eigenvalue weighted by molar-refractivity contribution is -0.139. The number of hydrogen-bond donors (Lipinski definition) is 1. The van der Waals surface area contributed by atoms with Crippen LogP contribution in [0.15, 0.2) is 41.0 Å². The molecule has 1 aromatic rings. The molecule has 27 heavy (non-hydrogen) atoms. The van der Waals surface area contributed by atoms with Gasteiger partial charge in [0.05, 0.1) is 31.3 Å². The van der Waals surface area contributed by atoms with E-state index in [0.29, 0.717) is 36.0 Å². The van der Waals surface area contributed by atoms with Crippen molar-refractivity contribution >= 4 is 5.97 Å². The first-order chi connectivity index (χ1) is 13.0. The molecule has 1 aromatic carbocycles. The Morgan fingerprint density at radius 1 is 1.22 bits per heavy atom. The molecule has 1 aliphatic heterocycles. The van der Waals surface area contributed by atoms with Gasteiger partial charge in [-0.15, -0.1) is 0 Å². The summed E-state index contributed by atoms with van der Waals surface area (Å²) >= 11 is 0. The van der Waals surface area contributed by atoms with E-state index in [-0.39, 0.29) is 23.6 Å². The van der Waals surface area contributed by atoms with Gasteiger partial charge in [-0.3, -0.25) is 0 Å². The van der Waals surface area contributed by atoms with E-state index in [9.17, 15) is 10.1 Å². The van der Waals surface area contributed by atoms with Crippen LogP contribution in [0, 0.1) is 11.3 Å². The lowest BCUT2D eigenvalue weighted by Gasteiger charge is -2.28. The number of benzene rings is 1. The highest BCUT2D eigenvalue weighted by Crippen LogP contribution is 2.44. The van der Waals surface area contributed by atoms with Crippen LogP contribution in [-0.4, -0.2) is 25.8 Å². The predicted octanol–water partition coefficient (Wildman–Crippen LogP) is 3.13. The van der Waals surface area contributed by atoms with E-state index in [0.717, 1.165) is 0 Å². The molecule has 0 radical (unpaired) electrons. The maximum Gasteiger partial charge on any atom is 0.338 e. The zero-order valence-corrected chi connectivity index (χ0v) is 16.0. The summed E-state index contributed by atoms with van der Waals surface area (Å²) < 4.78 is 21.9. The molecular formula is C20H24N2O5. The molecule has 0 saturated heterocycles. The third kappa shape index (κ3) is 4.17. The fourth-order valence-electron chi connectivity index (χ4n) is 2.96. The Labute approximate surface area is 159 Å². The van der Waals surface area contributed by atoms with Crippen molar-refractivity contribution < 1.29 is 23.7 Å². The van der Waals surface area contributed by atoms with Gasteiger partial charge in [0.15, 0.2) is 0 Å². The van der Waals surface area contributed by atoms with E-state index in [4.69, 9.17) is 24.7 Å². The monoisotopic (exact) mass is 372 g/mol. The topological polar surface area (TPSA) is 104 Å². The minimum Gasteiger partial charge on any atom is -0.494 e. The molecular weight excluding hydrogens is 348 g/mol. The van der Waals surface area contributed by atoms with Crippen molar-refractivity contribution in [3.8, 4) is 17.6 Å². The number of carbonyl (C=O) groups excluding carboxylic acids is 1. The molecule has 1 aliphatic rings. The number of rotatable bonds is 7. The van der Waals surface area contributed by atoms with E-state index in [1.807, 2.05) is 13.8 Å². The van der Waals surface area contributed by atoms with Gasteiger partial charge < -0.3 is 24.7 Å². The van der Waals surface area contributed by atoms with Crippen molar-refractivity contribution in [3.05, 3.63) is 46.6 Å². The Kier molecular flexibility index (Phi) is 6.72. The summed E-state index contributed by atoms with van der Waals surface area (Å²) in [6.07, 6.45) is 0. The maximum absolute atomic E-state index is 12.6. The zero-order chi connectivity index (χ0) is 20.0. The van der Waals surface area contributed by atoms with Crippen LogP contribution < -0.4 is 15.2 Å². The van der Waals surface area contributed by atoms with Crippen LogP contribution in [0.1, 0.15) is 39.2 Å². The second-order valence-electron chi connectivity index (χ2n) is 5.68. The molecule has 2 N–H and O–H groups in total. The summed E-state index contributed by atoms with van der Waals surface area (Å²) in [6, 6.07) is 7.34. The van der Waals surface area contributed by atoms with Gasteiger partial charge in [-0.25, -0.2) is 4.79 Å². The molecule has 0 unspecified atom stereocenters. The Morgan fingerprint density at radius 3 is 2.52 bits per heavy atom. The first kappa shape index (κ1) is 20.2. The highest BCUT2D eigenvalue weighted by Gasteiger charge is 2.38. The molecule has 0 spiro atoms. The molecule has 0 bridgehead atoms. The van der Waals surface area contributed by atoms with Crippen molar-refractivity contribution in [1.82, 2.24) is 0 Å². The number of nitrogens with zero attached hydrogens (tertiary/aromatic N) is 1. The van der Waals surface area contributed by atoms with Crippen LogP contribution in [0.4, 0.5) is 0 Å². The molecule has 0 aromatic heterocycles. The second-order valence-corrected chi connectivity index (χ2v) is 5.68. The number of allylic oxidation sites excluding steroid dienone is 2. The highest BCUT2D eigenvalue weighted by molar-refractivity contribution is 5.92. The van der Waals surface area contributed by atoms with Crippen LogP contribution in [0.25, 0.3) is 0 Å². The summed E-state index contributed by atoms with van der Waals surface area (Å²) in [5, 5.41) is 9.69. The molecule has 0 aliphatic carbocycles. The van der Waals surface area contributed by atoms with Gasteiger partial charge in [0.1, 0.15) is 28.9 Å². The normalized spacial score (nSPS) is 16.5. The molecule has 0 amide bonds. The average molecular weight is 372 g/mol. The molecule has 7 heteroatoms. The van der Waals surface area contributed by atoms with Gasteiger partial charge in [-0.1, -0.05) is 0 Å². The van der Waals surface area contributed by atoms with E-state index in [1.54, 1.807) is 32.0 Å². The van der Waals surface area contributed by atoms with Crippen molar-refractivity contribution in [2.45, 2.75) is 33.6 Å². The number of nitriles is 1. The van der Waals surface area contributed by atoms with Crippen LogP contribution in [0.3, 0.4) is 0 Å². The first-order valence-electron chi connectivity index (χ1n) is 8.83. The number of hydrogen-bond acceptors (Lipinski definition) is 7. The SMILES string of the molecule is CCOC(=O)C1=C(C)OC(N)=C(C#N)[C@H]1c1cc(OCC)ccc1OCC. The smallest absolute Gasteiger partial charge is 0.338 e. The van der Waals surface area contributed by atoms with E-state index < -0.39 is 11.9 Å². The zero-order valence-electron chi connectivity index (χ0n) is 16.0. The number of esters is 1. The second kappa shape index (κ2) is 8.99. The molecule has 1 atom stereocenters. The first-order valence-corrected chi connectivity index (χ1v) is 8.83. The summed E-state index contributed by atoms with van der Waals surface area (Å²) in [5.41, 5.74) is 6.88. The van der Waals surface area contributed by atoms with E-state index in [1.165, 1.54) is 0 Å². The summed E-state index contributed by atoms with van der Waals surface area (Å²) in [5.74, 6) is 0.0351. The molecule has 2 rings (SSSR count).